The number of hydrogen-bond acceptors (Lipinski definition) is 5. The number of thioether (sulfide) groups is 1. The minimum Gasteiger partial charge on any atom is -0.376 e. The number of aromatic nitrogens is 1. The predicted molar refractivity (Wildman–Crippen MR) is 127 cm³/mol. The Morgan fingerprint density at radius 3 is 2.87 bits per heavy atom. The van der Waals surface area contributed by atoms with Crippen LogP contribution in [0.25, 0.3) is 10.2 Å². The number of rotatable bonds is 7. The third-order valence-electron chi connectivity index (χ3n) is 5.21. The lowest BCUT2D eigenvalue weighted by Crippen LogP contribution is -2.37. The third-order valence-corrected chi connectivity index (χ3v) is 7.25. The van der Waals surface area contributed by atoms with Crippen LogP contribution in [0.15, 0.2) is 47.4 Å². The average molecular weight is 441 g/mol. The number of hydrogen-bond donors (Lipinski definition) is 0. The van der Waals surface area contributed by atoms with Crippen LogP contribution in [0.5, 0.6) is 0 Å². The van der Waals surface area contributed by atoms with Gasteiger partial charge in [0, 0.05) is 22.3 Å². The van der Waals surface area contributed by atoms with E-state index in [1.54, 1.807) is 23.1 Å². The minimum absolute atomic E-state index is 0.00573. The number of fused-ring (bicyclic) bond motifs is 1. The summed E-state index contributed by atoms with van der Waals surface area (Å²) >= 11 is 3.36. The Labute approximate surface area is 186 Å². The number of para-hydroxylation sites is 1. The van der Waals surface area contributed by atoms with E-state index < -0.39 is 0 Å². The molecule has 0 radical (unpaired) electrons. The highest BCUT2D eigenvalue weighted by atomic mass is 32.2. The first-order valence-corrected chi connectivity index (χ1v) is 12.3. The number of carbonyl (C=O) groups excluding carboxylic acids is 1. The maximum atomic E-state index is 13.6. The molecule has 0 aliphatic carbocycles. The van der Waals surface area contributed by atoms with Gasteiger partial charge < -0.3 is 4.74 Å². The maximum Gasteiger partial charge on any atom is 0.260 e. The standard InChI is InChI=1S/C24H28N2O2S2/c1-4-17-8-6-12-21-22(17)25-24(30-21)26(15-19-10-7-13-28-19)23(27)18-9-5-11-20(14-18)29-16(2)3/h5-6,8-9,11-12,14,16,19H,4,7,10,13,15H2,1-3H3. The van der Waals surface area contributed by atoms with Crippen molar-refractivity contribution in [3.63, 3.8) is 0 Å². The molecule has 1 aliphatic heterocycles. The first kappa shape index (κ1) is 21.3. The molecule has 1 atom stereocenters. The van der Waals surface area contributed by atoms with Gasteiger partial charge >= 0.3 is 0 Å². The molecule has 0 spiro atoms. The lowest BCUT2D eigenvalue weighted by Gasteiger charge is -2.23. The predicted octanol–water partition coefficient (Wildman–Crippen LogP) is 6.19. The number of carbonyl (C=O) groups is 1. The van der Waals surface area contributed by atoms with Gasteiger partial charge in [0.2, 0.25) is 0 Å². The van der Waals surface area contributed by atoms with E-state index in [2.05, 4.69) is 45.0 Å². The molecule has 6 heteroatoms. The van der Waals surface area contributed by atoms with Crippen molar-refractivity contribution in [3.8, 4) is 0 Å². The van der Waals surface area contributed by atoms with Gasteiger partial charge in [0.05, 0.1) is 22.9 Å². The third kappa shape index (κ3) is 4.71. The summed E-state index contributed by atoms with van der Waals surface area (Å²) in [6, 6.07) is 14.2. The summed E-state index contributed by atoms with van der Waals surface area (Å²) in [4.78, 5) is 21.5. The Balaban J connectivity index is 1.70. The van der Waals surface area contributed by atoms with Crippen LogP contribution in [0.3, 0.4) is 0 Å². The highest BCUT2D eigenvalue weighted by Crippen LogP contribution is 2.33. The van der Waals surface area contributed by atoms with Gasteiger partial charge in [-0.2, -0.15) is 0 Å². The zero-order chi connectivity index (χ0) is 21.1. The van der Waals surface area contributed by atoms with Crippen LogP contribution in [0.4, 0.5) is 5.13 Å². The molecule has 0 saturated carbocycles. The van der Waals surface area contributed by atoms with Crippen molar-refractivity contribution in [1.29, 1.82) is 0 Å². The van der Waals surface area contributed by atoms with E-state index in [9.17, 15) is 4.79 Å². The Bertz CT molecular complexity index is 1020. The molecule has 3 aromatic rings. The fourth-order valence-corrected chi connectivity index (χ4v) is 5.68. The normalized spacial score (nSPS) is 16.5. The first-order valence-electron chi connectivity index (χ1n) is 10.6. The van der Waals surface area contributed by atoms with Crippen molar-refractivity contribution in [2.45, 2.75) is 56.3 Å². The number of amides is 1. The van der Waals surface area contributed by atoms with E-state index >= 15 is 0 Å². The van der Waals surface area contributed by atoms with Crippen LogP contribution in [0, 0.1) is 0 Å². The maximum absolute atomic E-state index is 13.6. The van der Waals surface area contributed by atoms with E-state index in [1.165, 1.54) is 5.56 Å². The van der Waals surface area contributed by atoms with E-state index in [0.717, 1.165) is 46.1 Å². The lowest BCUT2D eigenvalue weighted by atomic mass is 10.1. The molecule has 1 amide bonds. The number of thiazole rings is 1. The van der Waals surface area contributed by atoms with Gasteiger partial charge in [-0.05, 0) is 49.1 Å². The van der Waals surface area contributed by atoms with Gasteiger partial charge in [0.1, 0.15) is 0 Å². The molecular weight excluding hydrogens is 412 g/mol. The molecule has 1 unspecified atom stereocenters. The smallest absolute Gasteiger partial charge is 0.260 e. The first-order chi connectivity index (χ1) is 14.5. The van der Waals surface area contributed by atoms with Crippen LogP contribution in [-0.2, 0) is 11.2 Å². The SMILES string of the molecule is CCc1cccc2sc(N(CC3CCCO3)C(=O)c3cccc(SC(C)C)c3)nc12. The number of ether oxygens (including phenoxy) is 1. The molecule has 0 bridgehead atoms. The van der Waals surface area contributed by atoms with E-state index in [-0.39, 0.29) is 12.0 Å². The Kier molecular flexibility index (Phi) is 6.76. The minimum atomic E-state index is -0.00573. The van der Waals surface area contributed by atoms with E-state index in [1.807, 2.05) is 23.1 Å². The molecule has 4 rings (SSSR count). The van der Waals surface area contributed by atoms with Gasteiger partial charge in [-0.1, -0.05) is 50.3 Å². The molecule has 4 nitrogen and oxygen atoms in total. The van der Waals surface area contributed by atoms with Crippen molar-refractivity contribution in [2.75, 3.05) is 18.1 Å². The van der Waals surface area contributed by atoms with E-state index in [0.29, 0.717) is 17.4 Å². The molecule has 0 N–H and O–H groups in total. The second kappa shape index (κ2) is 9.50. The van der Waals surface area contributed by atoms with Crippen LogP contribution < -0.4 is 4.90 Å². The van der Waals surface area contributed by atoms with Gasteiger partial charge in [-0.25, -0.2) is 4.98 Å². The summed E-state index contributed by atoms with van der Waals surface area (Å²) in [5, 5.41) is 1.23. The fourth-order valence-electron chi connectivity index (χ4n) is 3.76. The summed E-state index contributed by atoms with van der Waals surface area (Å²) in [5.41, 5.74) is 2.93. The molecule has 1 fully saturated rings. The number of aryl methyl sites for hydroxylation is 1. The molecule has 2 aromatic carbocycles. The average Bonchev–Trinajstić information content (AvgIpc) is 3.40. The highest BCUT2D eigenvalue weighted by molar-refractivity contribution is 7.99. The summed E-state index contributed by atoms with van der Waals surface area (Å²) < 4.78 is 6.99. The largest absolute Gasteiger partial charge is 0.376 e. The summed E-state index contributed by atoms with van der Waals surface area (Å²) in [6.45, 7) is 7.78. The Morgan fingerprint density at radius 2 is 2.13 bits per heavy atom. The van der Waals surface area contributed by atoms with Crippen LogP contribution in [-0.4, -0.2) is 35.4 Å². The van der Waals surface area contributed by atoms with Crippen molar-refractivity contribution < 1.29 is 9.53 Å². The number of nitrogens with zero attached hydrogens (tertiary/aromatic N) is 2. The second-order valence-corrected chi connectivity index (χ2v) is 10.5. The quantitative estimate of drug-likeness (QED) is 0.411. The molecule has 1 aromatic heterocycles. The van der Waals surface area contributed by atoms with Crippen molar-refractivity contribution in [1.82, 2.24) is 4.98 Å². The van der Waals surface area contributed by atoms with Crippen molar-refractivity contribution in [3.05, 3.63) is 53.6 Å². The van der Waals surface area contributed by atoms with E-state index in [4.69, 9.17) is 9.72 Å². The molecule has 158 valence electrons. The van der Waals surface area contributed by atoms with Gasteiger partial charge in [0.15, 0.2) is 5.13 Å². The van der Waals surface area contributed by atoms with Crippen LogP contribution in [0.2, 0.25) is 0 Å². The zero-order valence-corrected chi connectivity index (χ0v) is 19.4. The Morgan fingerprint density at radius 1 is 1.30 bits per heavy atom. The monoisotopic (exact) mass is 440 g/mol. The molecule has 1 aliphatic rings. The molecule has 30 heavy (non-hydrogen) atoms. The topological polar surface area (TPSA) is 42.4 Å². The van der Waals surface area contributed by atoms with Crippen LogP contribution >= 0.6 is 23.1 Å². The zero-order valence-electron chi connectivity index (χ0n) is 17.8. The molecular formula is C24H28N2O2S2. The summed E-state index contributed by atoms with van der Waals surface area (Å²) in [6.07, 6.45) is 3.03. The number of benzene rings is 2. The summed E-state index contributed by atoms with van der Waals surface area (Å²) in [5.74, 6) is -0.00573. The fraction of sp³-hybridized carbons (Fsp3) is 0.417. The van der Waals surface area contributed by atoms with Gasteiger partial charge in [0.25, 0.3) is 5.91 Å². The van der Waals surface area contributed by atoms with Gasteiger partial charge in [-0.3, -0.25) is 9.69 Å². The molecule has 2 heterocycles. The highest BCUT2D eigenvalue weighted by Gasteiger charge is 2.27. The lowest BCUT2D eigenvalue weighted by molar-refractivity contribution is 0.0917. The van der Waals surface area contributed by atoms with Crippen molar-refractivity contribution in [2.24, 2.45) is 0 Å². The Hall–Kier alpha value is -1.89. The van der Waals surface area contributed by atoms with Gasteiger partial charge in [-0.15, -0.1) is 11.8 Å². The van der Waals surface area contributed by atoms with Crippen LogP contribution in [0.1, 0.15) is 49.5 Å². The number of anilines is 1. The molecule has 1 saturated heterocycles. The summed E-state index contributed by atoms with van der Waals surface area (Å²) in [7, 11) is 0. The van der Waals surface area contributed by atoms with Crippen molar-refractivity contribution >= 4 is 44.4 Å². The second-order valence-electron chi connectivity index (χ2n) is 7.86.